The maximum atomic E-state index is 5.71. The van der Waals surface area contributed by atoms with Gasteiger partial charge in [-0.3, -0.25) is 0 Å². The second-order valence-electron chi connectivity index (χ2n) is 3.97. The van der Waals surface area contributed by atoms with E-state index in [-0.39, 0.29) is 0 Å². The first kappa shape index (κ1) is 11.5. The summed E-state index contributed by atoms with van der Waals surface area (Å²) in [7, 11) is 0. The Kier molecular flexibility index (Phi) is 4.99. The highest BCUT2D eigenvalue weighted by Gasteiger charge is 1.95. The molecular formula is C12H18ClN. The summed E-state index contributed by atoms with van der Waals surface area (Å²) in [5, 5.41) is 3.41. The Morgan fingerprint density at radius 2 is 1.71 bits per heavy atom. The van der Waals surface area contributed by atoms with Crippen molar-refractivity contribution in [1.82, 2.24) is 5.32 Å². The van der Waals surface area contributed by atoms with Crippen molar-refractivity contribution in [1.29, 1.82) is 0 Å². The van der Waals surface area contributed by atoms with E-state index in [0.29, 0.717) is 11.8 Å². The lowest BCUT2D eigenvalue weighted by Gasteiger charge is -2.07. The van der Waals surface area contributed by atoms with Crippen LogP contribution in [0.2, 0.25) is 0 Å². The van der Waals surface area contributed by atoms with Crippen molar-refractivity contribution < 1.29 is 0 Å². The molecule has 1 aromatic carbocycles. The number of benzene rings is 1. The Morgan fingerprint density at radius 1 is 1.14 bits per heavy atom. The molecule has 1 N–H and O–H groups in total. The zero-order valence-corrected chi connectivity index (χ0v) is 9.64. The van der Waals surface area contributed by atoms with E-state index in [9.17, 15) is 0 Å². The van der Waals surface area contributed by atoms with Gasteiger partial charge in [-0.25, -0.2) is 0 Å². The molecular weight excluding hydrogens is 194 g/mol. The maximum absolute atomic E-state index is 5.71. The lowest BCUT2D eigenvalue weighted by Crippen LogP contribution is -2.18. The summed E-state index contributed by atoms with van der Waals surface area (Å²) in [4.78, 5) is 0. The van der Waals surface area contributed by atoms with Crippen LogP contribution in [-0.4, -0.2) is 6.54 Å². The topological polar surface area (TPSA) is 12.0 Å². The van der Waals surface area contributed by atoms with Gasteiger partial charge in [-0.05, 0) is 23.6 Å². The molecule has 2 heteroatoms. The van der Waals surface area contributed by atoms with Crippen LogP contribution < -0.4 is 5.32 Å². The molecule has 0 aromatic heterocycles. The van der Waals surface area contributed by atoms with Gasteiger partial charge in [0.15, 0.2) is 0 Å². The van der Waals surface area contributed by atoms with Crippen LogP contribution in [0.15, 0.2) is 24.3 Å². The van der Waals surface area contributed by atoms with Gasteiger partial charge in [0.1, 0.15) is 0 Å². The van der Waals surface area contributed by atoms with E-state index in [1.54, 1.807) is 0 Å². The van der Waals surface area contributed by atoms with E-state index in [4.69, 9.17) is 11.6 Å². The molecule has 0 unspecified atom stereocenters. The van der Waals surface area contributed by atoms with E-state index in [2.05, 4.69) is 43.4 Å². The maximum Gasteiger partial charge on any atom is 0.0474 e. The van der Waals surface area contributed by atoms with Crippen LogP contribution in [0.3, 0.4) is 0 Å². The highest BCUT2D eigenvalue weighted by molar-refractivity contribution is 6.17. The van der Waals surface area contributed by atoms with Crippen LogP contribution in [0.4, 0.5) is 0 Å². The normalized spacial score (nSPS) is 10.9. The molecule has 0 fully saturated rings. The fraction of sp³-hybridized carbons (Fsp3) is 0.500. The largest absolute Gasteiger partial charge is 0.312 e. The monoisotopic (exact) mass is 211 g/mol. The van der Waals surface area contributed by atoms with Gasteiger partial charge in [0.2, 0.25) is 0 Å². The lowest BCUT2D eigenvalue weighted by molar-refractivity contribution is 0.552. The SMILES string of the molecule is CC(C)CNCc1ccc(CCl)cc1. The number of halogens is 1. The van der Waals surface area contributed by atoms with Crippen LogP contribution in [-0.2, 0) is 12.4 Å². The molecule has 0 bridgehead atoms. The molecule has 0 spiro atoms. The van der Waals surface area contributed by atoms with Gasteiger partial charge in [0.25, 0.3) is 0 Å². The second-order valence-corrected chi connectivity index (χ2v) is 4.24. The third kappa shape index (κ3) is 4.12. The summed E-state index contributed by atoms with van der Waals surface area (Å²) in [5.41, 5.74) is 2.50. The van der Waals surface area contributed by atoms with Crippen molar-refractivity contribution in [2.24, 2.45) is 5.92 Å². The van der Waals surface area contributed by atoms with Crippen LogP contribution in [0, 0.1) is 5.92 Å². The van der Waals surface area contributed by atoms with Gasteiger partial charge in [-0.1, -0.05) is 38.1 Å². The smallest absolute Gasteiger partial charge is 0.0474 e. The molecule has 0 radical (unpaired) electrons. The first-order valence-corrected chi connectivity index (χ1v) is 5.60. The van der Waals surface area contributed by atoms with Gasteiger partial charge in [0.05, 0.1) is 0 Å². The van der Waals surface area contributed by atoms with Gasteiger partial charge >= 0.3 is 0 Å². The summed E-state index contributed by atoms with van der Waals surface area (Å²) in [6, 6.07) is 8.43. The Morgan fingerprint density at radius 3 is 2.21 bits per heavy atom. The minimum absolute atomic E-state index is 0.597. The van der Waals surface area contributed by atoms with Crippen LogP contribution in [0.25, 0.3) is 0 Å². The third-order valence-electron chi connectivity index (χ3n) is 2.06. The molecule has 1 rings (SSSR count). The minimum atomic E-state index is 0.597. The van der Waals surface area contributed by atoms with E-state index in [0.717, 1.165) is 13.1 Å². The molecule has 0 aliphatic heterocycles. The van der Waals surface area contributed by atoms with Crippen molar-refractivity contribution in [3.63, 3.8) is 0 Å². The fourth-order valence-electron chi connectivity index (χ4n) is 1.25. The molecule has 14 heavy (non-hydrogen) atoms. The standard InChI is InChI=1S/C12H18ClN/c1-10(2)8-14-9-12-5-3-11(7-13)4-6-12/h3-6,10,14H,7-9H2,1-2H3. The lowest BCUT2D eigenvalue weighted by atomic mass is 10.1. The summed E-state index contributed by atoms with van der Waals surface area (Å²) in [5.74, 6) is 1.30. The van der Waals surface area contributed by atoms with Gasteiger partial charge in [-0.15, -0.1) is 11.6 Å². The average Bonchev–Trinajstić information content (AvgIpc) is 2.18. The number of rotatable bonds is 5. The second kappa shape index (κ2) is 6.05. The van der Waals surface area contributed by atoms with Crippen molar-refractivity contribution in [2.45, 2.75) is 26.3 Å². The van der Waals surface area contributed by atoms with Crippen LogP contribution in [0.1, 0.15) is 25.0 Å². The van der Waals surface area contributed by atoms with Crippen molar-refractivity contribution in [3.8, 4) is 0 Å². The average molecular weight is 212 g/mol. The zero-order chi connectivity index (χ0) is 10.4. The Hall–Kier alpha value is -0.530. The molecule has 0 amide bonds. The van der Waals surface area contributed by atoms with Crippen molar-refractivity contribution in [3.05, 3.63) is 35.4 Å². The molecule has 78 valence electrons. The number of hydrogen-bond acceptors (Lipinski definition) is 1. The van der Waals surface area contributed by atoms with E-state index in [1.807, 2.05) is 0 Å². The van der Waals surface area contributed by atoms with E-state index < -0.39 is 0 Å². The third-order valence-corrected chi connectivity index (χ3v) is 2.37. The van der Waals surface area contributed by atoms with Gasteiger partial charge < -0.3 is 5.32 Å². The highest BCUT2D eigenvalue weighted by Crippen LogP contribution is 2.06. The molecule has 1 aromatic rings. The molecule has 0 saturated heterocycles. The quantitative estimate of drug-likeness (QED) is 0.738. The predicted octanol–water partition coefficient (Wildman–Crippen LogP) is 3.17. The molecule has 0 atom stereocenters. The van der Waals surface area contributed by atoms with Crippen molar-refractivity contribution >= 4 is 11.6 Å². The number of alkyl halides is 1. The van der Waals surface area contributed by atoms with Crippen molar-refractivity contribution in [2.75, 3.05) is 6.54 Å². The van der Waals surface area contributed by atoms with Crippen LogP contribution >= 0.6 is 11.6 Å². The number of nitrogens with one attached hydrogen (secondary N) is 1. The fourth-order valence-corrected chi connectivity index (χ4v) is 1.43. The summed E-state index contributed by atoms with van der Waals surface area (Å²) in [6.45, 7) is 6.44. The Bertz CT molecular complexity index is 254. The Labute approximate surface area is 91.5 Å². The van der Waals surface area contributed by atoms with E-state index in [1.165, 1.54) is 11.1 Å². The molecule has 0 aliphatic rings. The predicted molar refractivity (Wildman–Crippen MR) is 62.5 cm³/mol. The molecule has 0 saturated carbocycles. The number of hydrogen-bond donors (Lipinski definition) is 1. The summed E-state index contributed by atoms with van der Waals surface area (Å²) < 4.78 is 0. The molecule has 0 aliphatic carbocycles. The first-order chi connectivity index (χ1) is 6.72. The van der Waals surface area contributed by atoms with Crippen LogP contribution in [0.5, 0.6) is 0 Å². The van der Waals surface area contributed by atoms with Gasteiger partial charge in [0, 0.05) is 12.4 Å². The highest BCUT2D eigenvalue weighted by atomic mass is 35.5. The Balaban J connectivity index is 2.36. The van der Waals surface area contributed by atoms with E-state index >= 15 is 0 Å². The molecule has 1 nitrogen and oxygen atoms in total. The minimum Gasteiger partial charge on any atom is -0.312 e. The summed E-state index contributed by atoms with van der Waals surface area (Å²) in [6.07, 6.45) is 0. The zero-order valence-electron chi connectivity index (χ0n) is 8.89. The van der Waals surface area contributed by atoms with Gasteiger partial charge in [-0.2, -0.15) is 0 Å². The first-order valence-electron chi connectivity index (χ1n) is 5.07. The summed E-state index contributed by atoms with van der Waals surface area (Å²) >= 11 is 5.71. The molecule has 0 heterocycles.